The van der Waals surface area contributed by atoms with Gasteiger partial charge in [0, 0.05) is 29.7 Å². The fraction of sp³-hybridized carbons (Fsp3) is 1.00. The molecular formula is C16H32N2O. The predicted molar refractivity (Wildman–Crippen MR) is 80.3 cm³/mol. The minimum absolute atomic E-state index is 0.110. The lowest BCUT2D eigenvalue weighted by Gasteiger charge is -2.39. The van der Waals surface area contributed by atoms with Crippen molar-refractivity contribution in [3.8, 4) is 0 Å². The smallest absolute Gasteiger partial charge is 0.0611 e. The third-order valence-electron chi connectivity index (χ3n) is 5.05. The first kappa shape index (κ1) is 15.3. The van der Waals surface area contributed by atoms with Crippen LogP contribution in [-0.2, 0) is 0 Å². The lowest BCUT2D eigenvalue weighted by atomic mass is 9.92. The third kappa shape index (κ3) is 3.71. The maximum atomic E-state index is 9.76. The Morgan fingerprint density at radius 3 is 2.53 bits per heavy atom. The molecule has 1 heterocycles. The van der Waals surface area contributed by atoms with E-state index in [0.29, 0.717) is 18.1 Å². The van der Waals surface area contributed by atoms with Crippen LogP contribution >= 0.6 is 0 Å². The molecule has 2 aliphatic rings. The number of nitrogens with zero attached hydrogens (tertiary/aromatic N) is 1. The topological polar surface area (TPSA) is 35.5 Å². The van der Waals surface area contributed by atoms with Gasteiger partial charge in [-0.3, -0.25) is 4.90 Å². The number of hydrogen-bond acceptors (Lipinski definition) is 3. The molecule has 4 unspecified atom stereocenters. The van der Waals surface area contributed by atoms with E-state index >= 15 is 0 Å². The van der Waals surface area contributed by atoms with E-state index < -0.39 is 0 Å². The SMILES string of the molecule is CCC1CCC(C)N1C(C)CC(C)(CO)NC1CC1. The van der Waals surface area contributed by atoms with E-state index in [2.05, 4.69) is 37.9 Å². The Labute approximate surface area is 118 Å². The zero-order valence-corrected chi connectivity index (χ0v) is 13.2. The van der Waals surface area contributed by atoms with E-state index in [1.54, 1.807) is 0 Å². The largest absolute Gasteiger partial charge is 0.394 e. The van der Waals surface area contributed by atoms with Gasteiger partial charge >= 0.3 is 0 Å². The minimum atomic E-state index is -0.110. The molecule has 0 aromatic rings. The summed E-state index contributed by atoms with van der Waals surface area (Å²) in [7, 11) is 0. The Kier molecular flexibility index (Phi) is 4.91. The van der Waals surface area contributed by atoms with Crippen molar-refractivity contribution in [2.24, 2.45) is 0 Å². The van der Waals surface area contributed by atoms with E-state index in [1.165, 1.54) is 32.1 Å². The zero-order chi connectivity index (χ0) is 14.0. The highest BCUT2D eigenvalue weighted by molar-refractivity contribution is 4.97. The summed E-state index contributed by atoms with van der Waals surface area (Å²) in [6.07, 6.45) is 7.52. The number of rotatable bonds is 7. The number of aliphatic hydroxyl groups excluding tert-OH is 1. The van der Waals surface area contributed by atoms with Gasteiger partial charge < -0.3 is 10.4 Å². The van der Waals surface area contributed by atoms with Crippen LogP contribution in [0.25, 0.3) is 0 Å². The quantitative estimate of drug-likeness (QED) is 0.745. The lowest BCUT2D eigenvalue weighted by molar-refractivity contribution is 0.0856. The highest BCUT2D eigenvalue weighted by Crippen LogP contribution is 2.32. The molecule has 3 heteroatoms. The molecule has 1 aliphatic heterocycles. The molecule has 19 heavy (non-hydrogen) atoms. The van der Waals surface area contributed by atoms with Crippen LogP contribution in [-0.4, -0.2) is 46.3 Å². The average molecular weight is 268 g/mol. The number of nitrogens with one attached hydrogen (secondary N) is 1. The highest BCUT2D eigenvalue weighted by Gasteiger charge is 2.38. The predicted octanol–water partition coefficient (Wildman–Crippen LogP) is 2.53. The maximum Gasteiger partial charge on any atom is 0.0611 e. The summed E-state index contributed by atoms with van der Waals surface area (Å²) >= 11 is 0. The summed E-state index contributed by atoms with van der Waals surface area (Å²) in [5.41, 5.74) is -0.110. The minimum Gasteiger partial charge on any atom is -0.394 e. The van der Waals surface area contributed by atoms with Crippen molar-refractivity contribution in [1.82, 2.24) is 10.2 Å². The van der Waals surface area contributed by atoms with Crippen molar-refractivity contribution in [3.63, 3.8) is 0 Å². The van der Waals surface area contributed by atoms with Crippen molar-refractivity contribution in [1.29, 1.82) is 0 Å². The summed E-state index contributed by atoms with van der Waals surface area (Å²) in [6, 6.07) is 2.64. The van der Waals surface area contributed by atoms with Crippen LogP contribution in [0.3, 0.4) is 0 Å². The Hall–Kier alpha value is -0.120. The highest BCUT2D eigenvalue weighted by atomic mass is 16.3. The Morgan fingerprint density at radius 2 is 2.00 bits per heavy atom. The van der Waals surface area contributed by atoms with Crippen LogP contribution in [0, 0.1) is 0 Å². The molecule has 2 rings (SSSR count). The van der Waals surface area contributed by atoms with Crippen LogP contribution in [0.2, 0.25) is 0 Å². The van der Waals surface area contributed by atoms with Gasteiger partial charge in [-0.2, -0.15) is 0 Å². The molecule has 112 valence electrons. The first-order valence-corrected chi connectivity index (χ1v) is 8.15. The third-order valence-corrected chi connectivity index (χ3v) is 5.05. The van der Waals surface area contributed by atoms with Crippen molar-refractivity contribution in [2.75, 3.05) is 6.61 Å². The molecule has 4 atom stereocenters. The molecule has 3 nitrogen and oxygen atoms in total. The van der Waals surface area contributed by atoms with Gasteiger partial charge in [-0.15, -0.1) is 0 Å². The molecule has 1 aliphatic carbocycles. The van der Waals surface area contributed by atoms with E-state index in [-0.39, 0.29) is 12.1 Å². The zero-order valence-electron chi connectivity index (χ0n) is 13.2. The second kappa shape index (κ2) is 6.11. The first-order valence-electron chi connectivity index (χ1n) is 8.15. The van der Waals surface area contributed by atoms with Crippen LogP contribution in [0.5, 0.6) is 0 Å². The van der Waals surface area contributed by atoms with Gasteiger partial charge in [0.25, 0.3) is 0 Å². The first-order chi connectivity index (χ1) is 8.99. The summed E-state index contributed by atoms with van der Waals surface area (Å²) in [6.45, 7) is 9.43. The Bertz CT molecular complexity index is 292. The van der Waals surface area contributed by atoms with Crippen molar-refractivity contribution in [3.05, 3.63) is 0 Å². The van der Waals surface area contributed by atoms with Crippen LogP contribution in [0.1, 0.15) is 66.2 Å². The normalized spacial score (nSPS) is 33.3. The molecule has 0 aromatic heterocycles. The monoisotopic (exact) mass is 268 g/mol. The lowest BCUT2D eigenvalue weighted by Crippen LogP contribution is -2.53. The van der Waals surface area contributed by atoms with Crippen molar-refractivity contribution < 1.29 is 5.11 Å². The molecule has 0 amide bonds. The fourth-order valence-electron chi connectivity index (χ4n) is 3.95. The van der Waals surface area contributed by atoms with Crippen LogP contribution in [0.15, 0.2) is 0 Å². The van der Waals surface area contributed by atoms with Gasteiger partial charge in [-0.05, 0) is 59.3 Å². The molecule has 0 radical (unpaired) electrons. The van der Waals surface area contributed by atoms with Gasteiger partial charge in [0.1, 0.15) is 0 Å². The van der Waals surface area contributed by atoms with Crippen molar-refractivity contribution >= 4 is 0 Å². The molecule has 0 bridgehead atoms. The van der Waals surface area contributed by atoms with Gasteiger partial charge in [-0.1, -0.05) is 6.92 Å². The number of hydrogen-bond donors (Lipinski definition) is 2. The Morgan fingerprint density at radius 1 is 1.32 bits per heavy atom. The second-order valence-corrected chi connectivity index (χ2v) is 7.13. The van der Waals surface area contributed by atoms with Crippen molar-refractivity contribution in [2.45, 2.75) is 95.9 Å². The van der Waals surface area contributed by atoms with E-state index in [1.807, 2.05) is 0 Å². The average Bonchev–Trinajstić information content (AvgIpc) is 3.09. The summed E-state index contributed by atoms with van der Waals surface area (Å²) in [4.78, 5) is 2.70. The summed E-state index contributed by atoms with van der Waals surface area (Å²) in [5, 5.41) is 13.4. The molecule has 2 N–H and O–H groups in total. The van der Waals surface area contributed by atoms with Crippen LogP contribution in [0.4, 0.5) is 0 Å². The van der Waals surface area contributed by atoms with E-state index in [4.69, 9.17) is 0 Å². The Balaban J connectivity index is 1.95. The number of likely N-dealkylation sites (tertiary alicyclic amines) is 1. The fourth-order valence-corrected chi connectivity index (χ4v) is 3.95. The summed E-state index contributed by atoms with van der Waals surface area (Å²) in [5.74, 6) is 0. The van der Waals surface area contributed by atoms with E-state index in [0.717, 1.165) is 12.5 Å². The van der Waals surface area contributed by atoms with Crippen LogP contribution < -0.4 is 5.32 Å². The standard InChI is InChI=1S/C16H32N2O/c1-5-15-9-6-12(2)18(15)13(3)10-16(4,11-19)17-14-7-8-14/h12-15,17,19H,5-11H2,1-4H3. The molecule has 0 aromatic carbocycles. The maximum absolute atomic E-state index is 9.76. The number of aliphatic hydroxyl groups is 1. The van der Waals surface area contributed by atoms with Gasteiger partial charge in [0.2, 0.25) is 0 Å². The molecular weight excluding hydrogens is 236 g/mol. The van der Waals surface area contributed by atoms with E-state index in [9.17, 15) is 5.11 Å². The molecule has 1 saturated heterocycles. The molecule has 1 saturated carbocycles. The molecule has 0 spiro atoms. The van der Waals surface area contributed by atoms with Gasteiger partial charge in [0.15, 0.2) is 0 Å². The summed E-state index contributed by atoms with van der Waals surface area (Å²) < 4.78 is 0. The van der Waals surface area contributed by atoms with Gasteiger partial charge in [0.05, 0.1) is 6.61 Å². The van der Waals surface area contributed by atoms with Gasteiger partial charge in [-0.25, -0.2) is 0 Å². The molecule has 2 fully saturated rings. The second-order valence-electron chi connectivity index (χ2n) is 7.13.